The van der Waals surface area contributed by atoms with Crippen LogP contribution in [-0.4, -0.2) is 37.0 Å². The molecule has 0 aromatic heterocycles. The lowest BCUT2D eigenvalue weighted by molar-refractivity contribution is 0.264. The van der Waals surface area contributed by atoms with Gasteiger partial charge in [0.1, 0.15) is 0 Å². The fourth-order valence-corrected chi connectivity index (χ4v) is 5.05. The minimum Gasteiger partial charge on any atom is -0.398 e. The lowest BCUT2D eigenvalue weighted by Gasteiger charge is -2.25. The minimum absolute atomic E-state index is 0.0108. The molecule has 5 nitrogen and oxygen atoms in total. The molecule has 118 valence electrons. The smallest absolute Gasteiger partial charge is 0.243 e. The highest BCUT2D eigenvalue weighted by Gasteiger charge is 2.35. The molecular weight excluding hydrogens is 288 g/mol. The lowest BCUT2D eigenvalue weighted by atomic mass is 10.1. The van der Waals surface area contributed by atoms with Gasteiger partial charge in [-0.15, -0.1) is 0 Å². The number of aliphatic hydroxyl groups excluding tert-OH is 1. The Morgan fingerprint density at radius 1 is 1.38 bits per heavy atom. The average molecular weight is 312 g/mol. The van der Waals surface area contributed by atoms with Gasteiger partial charge in [-0.25, -0.2) is 8.42 Å². The van der Waals surface area contributed by atoms with Crippen molar-refractivity contribution in [1.82, 2.24) is 4.31 Å². The Morgan fingerprint density at radius 3 is 2.76 bits per heavy atom. The van der Waals surface area contributed by atoms with Crippen molar-refractivity contribution in [1.29, 1.82) is 0 Å². The maximum absolute atomic E-state index is 12.9. The van der Waals surface area contributed by atoms with Crippen LogP contribution in [0.25, 0.3) is 0 Å². The maximum atomic E-state index is 12.9. The number of anilines is 1. The van der Waals surface area contributed by atoms with E-state index in [-0.39, 0.29) is 12.6 Å². The normalized spacial score (nSPS) is 20.0. The Balaban J connectivity index is 2.38. The standard InChI is InChI=1S/C15H24N2O3S/c1-11-9-14(16)12(2)15(10-11)21(19,20)17-7-3-5-13(17)6-4-8-18/h9-10,13,18H,3-8,16H2,1-2H3. The second kappa shape index (κ2) is 6.34. The molecule has 1 aliphatic rings. The van der Waals surface area contributed by atoms with E-state index in [0.717, 1.165) is 18.4 Å². The van der Waals surface area contributed by atoms with Crippen molar-refractivity contribution >= 4 is 15.7 Å². The summed E-state index contributed by atoms with van der Waals surface area (Å²) in [7, 11) is -3.52. The summed E-state index contributed by atoms with van der Waals surface area (Å²) >= 11 is 0. The second-order valence-electron chi connectivity index (χ2n) is 5.75. The third-order valence-electron chi connectivity index (χ3n) is 4.15. The summed E-state index contributed by atoms with van der Waals surface area (Å²) in [6, 6.07) is 3.48. The zero-order valence-electron chi connectivity index (χ0n) is 12.7. The summed E-state index contributed by atoms with van der Waals surface area (Å²) in [6.07, 6.45) is 3.07. The Morgan fingerprint density at radius 2 is 2.10 bits per heavy atom. The number of sulfonamides is 1. The summed E-state index contributed by atoms with van der Waals surface area (Å²) in [4.78, 5) is 0.316. The van der Waals surface area contributed by atoms with Gasteiger partial charge in [0.25, 0.3) is 0 Å². The van der Waals surface area contributed by atoms with Crippen molar-refractivity contribution in [3.05, 3.63) is 23.3 Å². The first-order valence-corrected chi connectivity index (χ1v) is 8.81. The number of nitrogens with two attached hydrogens (primary N) is 1. The summed E-state index contributed by atoms with van der Waals surface area (Å²) < 4.78 is 27.5. The largest absolute Gasteiger partial charge is 0.398 e. The molecule has 1 saturated heterocycles. The molecule has 1 unspecified atom stereocenters. The van der Waals surface area contributed by atoms with Crippen molar-refractivity contribution in [3.63, 3.8) is 0 Å². The molecule has 1 aromatic carbocycles. The van der Waals surface area contributed by atoms with Crippen LogP contribution in [0.4, 0.5) is 5.69 Å². The fraction of sp³-hybridized carbons (Fsp3) is 0.600. The lowest BCUT2D eigenvalue weighted by Crippen LogP contribution is -2.36. The first-order valence-electron chi connectivity index (χ1n) is 7.37. The molecule has 0 bridgehead atoms. The Hall–Kier alpha value is -1.11. The predicted molar refractivity (Wildman–Crippen MR) is 83.6 cm³/mol. The number of aliphatic hydroxyl groups is 1. The highest BCUT2D eigenvalue weighted by atomic mass is 32.2. The molecule has 1 fully saturated rings. The van der Waals surface area contributed by atoms with Gasteiger partial charge in [-0.2, -0.15) is 4.31 Å². The van der Waals surface area contributed by atoms with Crippen molar-refractivity contribution in [2.75, 3.05) is 18.9 Å². The van der Waals surface area contributed by atoms with E-state index in [2.05, 4.69) is 0 Å². The van der Waals surface area contributed by atoms with Crippen LogP contribution in [0.15, 0.2) is 17.0 Å². The molecule has 21 heavy (non-hydrogen) atoms. The second-order valence-corrected chi connectivity index (χ2v) is 7.61. The number of nitrogens with zero attached hydrogens (tertiary/aromatic N) is 1. The molecule has 2 rings (SSSR count). The van der Waals surface area contributed by atoms with Crippen LogP contribution in [0.1, 0.15) is 36.8 Å². The zero-order chi connectivity index (χ0) is 15.6. The summed E-state index contributed by atoms with van der Waals surface area (Å²) in [6.45, 7) is 4.25. The molecule has 0 aliphatic carbocycles. The molecule has 0 amide bonds. The Labute approximate surface area is 126 Å². The SMILES string of the molecule is Cc1cc(N)c(C)c(S(=O)(=O)N2CCCC2CCCO)c1. The summed E-state index contributed by atoms with van der Waals surface area (Å²) in [5.41, 5.74) is 7.90. The fourth-order valence-electron chi connectivity index (χ4n) is 2.99. The third-order valence-corrected chi connectivity index (χ3v) is 6.23. The number of hydrogen-bond acceptors (Lipinski definition) is 4. The van der Waals surface area contributed by atoms with Gasteiger partial charge in [-0.1, -0.05) is 0 Å². The van der Waals surface area contributed by atoms with Crippen LogP contribution in [0.3, 0.4) is 0 Å². The van der Waals surface area contributed by atoms with Gasteiger partial charge in [0.05, 0.1) is 4.90 Å². The monoisotopic (exact) mass is 312 g/mol. The molecule has 0 radical (unpaired) electrons. The number of benzene rings is 1. The zero-order valence-corrected chi connectivity index (χ0v) is 13.5. The molecule has 0 spiro atoms. The Bertz CT molecular complexity index is 614. The molecule has 6 heteroatoms. The molecule has 1 aliphatic heterocycles. The van der Waals surface area contributed by atoms with Crippen LogP contribution in [-0.2, 0) is 10.0 Å². The number of nitrogen functional groups attached to an aromatic ring is 1. The van der Waals surface area contributed by atoms with E-state index in [1.54, 1.807) is 23.4 Å². The van der Waals surface area contributed by atoms with Crippen molar-refractivity contribution in [2.24, 2.45) is 0 Å². The van der Waals surface area contributed by atoms with E-state index in [4.69, 9.17) is 10.8 Å². The minimum atomic E-state index is -3.52. The summed E-state index contributed by atoms with van der Waals surface area (Å²) in [5.74, 6) is 0. The first kappa shape index (κ1) is 16.3. The van der Waals surface area contributed by atoms with Crippen LogP contribution in [0.5, 0.6) is 0 Å². The average Bonchev–Trinajstić information content (AvgIpc) is 2.89. The quantitative estimate of drug-likeness (QED) is 0.812. The van der Waals surface area contributed by atoms with Crippen LogP contribution >= 0.6 is 0 Å². The highest BCUT2D eigenvalue weighted by molar-refractivity contribution is 7.89. The molecule has 3 N–H and O–H groups in total. The molecule has 0 saturated carbocycles. The Kier molecular flexibility index (Phi) is 4.91. The molecule has 1 atom stereocenters. The van der Waals surface area contributed by atoms with Gasteiger partial charge in [0.2, 0.25) is 10.0 Å². The maximum Gasteiger partial charge on any atom is 0.243 e. The van der Waals surface area contributed by atoms with E-state index >= 15 is 0 Å². The van der Waals surface area contributed by atoms with Crippen LogP contribution in [0, 0.1) is 13.8 Å². The molecule has 1 aromatic rings. The van der Waals surface area contributed by atoms with Crippen LogP contribution in [0.2, 0.25) is 0 Å². The first-order chi connectivity index (χ1) is 9.87. The van der Waals surface area contributed by atoms with Crippen molar-refractivity contribution in [2.45, 2.75) is 50.5 Å². The number of rotatable bonds is 5. The van der Waals surface area contributed by atoms with Crippen molar-refractivity contribution in [3.8, 4) is 0 Å². The predicted octanol–water partition coefficient (Wildman–Crippen LogP) is 1.81. The number of hydrogen-bond donors (Lipinski definition) is 2. The van der Waals surface area contributed by atoms with Crippen molar-refractivity contribution < 1.29 is 13.5 Å². The van der Waals surface area contributed by atoms with Gasteiger partial charge in [0.15, 0.2) is 0 Å². The number of aryl methyl sites for hydroxylation is 1. The topological polar surface area (TPSA) is 83.6 Å². The third kappa shape index (κ3) is 3.22. The van der Waals surface area contributed by atoms with E-state index < -0.39 is 10.0 Å². The van der Waals surface area contributed by atoms with Gasteiger partial charge in [0, 0.05) is 24.9 Å². The van der Waals surface area contributed by atoms with Gasteiger partial charge in [-0.3, -0.25) is 0 Å². The van der Waals surface area contributed by atoms with E-state index in [9.17, 15) is 8.42 Å². The van der Waals surface area contributed by atoms with E-state index in [0.29, 0.717) is 35.5 Å². The molecular formula is C15H24N2O3S. The van der Waals surface area contributed by atoms with Gasteiger partial charge < -0.3 is 10.8 Å². The van der Waals surface area contributed by atoms with E-state index in [1.165, 1.54) is 0 Å². The van der Waals surface area contributed by atoms with Crippen LogP contribution < -0.4 is 5.73 Å². The van der Waals surface area contributed by atoms with Gasteiger partial charge >= 0.3 is 0 Å². The highest BCUT2D eigenvalue weighted by Crippen LogP contribution is 2.32. The van der Waals surface area contributed by atoms with Gasteiger partial charge in [-0.05, 0) is 62.8 Å². The molecule has 1 heterocycles. The summed E-state index contributed by atoms with van der Waals surface area (Å²) in [5, 5.41) is 8.97. The van der Waals surface area contributed by atoms with E-state index in [1.807, 2.05) is 6.92 Å².